The van der Waals surface area contributed by atoms with Crippen LogP contribution in [0.5, 0.6) is 11.8 Å². The highest BCUT2D eigenvalue weighted by molar-refractivity contribution is 5.90. The average Bonchev–Trinajstić information content (AvgIpc) is 3.12. The summed E-state index contributed by atoms with van der Waals surface area (Å²) >= 11 is 0. The monoisotopic (exact) mass is 621 g/mol. The van der Waals surface area contributed by atoms with Gasteiger partial charge in [-0.2, -0.15) is 4.98 Å². The Morgan fingerprint density at radius 1 is 0.717 bits per heavy atom. The Bertz CT molecular complexity index is 1470. The lowest BCUT2D eigenvalue weighted by atomic mass is 9.91. The van der Waals surface area contributed by atoms with Crippen molar-refractivity contribution in [1.29, 1.82) is 0 Å². The molecule has 0 aliphatic carbocycles. The van der Waals surface area contributed by atoms with Gasteiger partial charge in [0, 0.05) is 48.7 Å². The first-order valence-corrected chi connectivity index (χ1v) is 17.2. The molecule has 0 aliphatic heterocycles. The van der Waals surface area contributed by atoms with Crippen molar-refractivity contribution in [1.82, 2.24) is 4.98 Å². The van der Waals surface area contributed by atoms with E-state index in [9.17, 15) is 0 Å². The van der Waals surface area contributed by atoms with Crippen molar-refractivity contribution < 1.29 is 9.47 Å². The molecular formula is C41H55N3O2. The van der Waals surface area contributed by atoms with E-state index >= 15 is 0 Å². The Balaban J connectivity index is 0.00000282. The summed E-state index contributed by atoms with van der Waals surface area (Å²) in [4.78, 5) is 7.45. The summed E-state index contributed by atoms with van der Waals surface area (Å²) in [7, 11) is 2.01. The van der Waals surface area contributed by atoms with Gasteiger partial charge in [0.05, 0.1) is 0 Å². The minimum Gasteiger partial charge on any atom is -0.473 e. The quantitative estimate of drug-likeness (QED) is 0.119. The predicted molar refractivity (Wildman–Crippen MR) is 197 cm³/mol. The van der Waals surface area contributed by atoms with Crippen molar-refractivity contribution in [3.05, 3.63) is 119 Å². The Labute approximate surface area is 278 Å². The molecule has 0 spiro atoms. The van der Waals surface area contributed by atoms with Crippen LogP contribution in [0.1, 0.15) is 95.9 Å². The van der Waals surface area contributed by atoms with Gasteiger partial charge in [0.15, 0.2) is 0 Å². The van der Waals surface area contributed by atoms with Crippen molar-refractivity contribution in [3.8, 4) is 11.8 Å². The highest BCUT2D eigenvalue weighted by Crippen LogP contribution is 2.39. The third-order valence-corrected chi connectivity index (χ3v) is 7.94. The standard InChI is InChI=1S/C39H49N3O2.C2H6/c1-6-9-16-26-42(25-7-2)33-21-22-34(36(27-33)40-5)38(30(4)8-3)35-23-24-37(43-28-31-17-12-10-13-18-31)41-39(35)44-29-32-19-14-11-15-20-32;1-2/h10-15,17-24,27,40H,6-9,16,25-26,28-29H2,1-5H3;1-2H3. The average molecular weight is 622 g/mol. The van der Waals surface area contributed by atoms with E-state index in [0.717, 1.165) is 59.4 Å². The van der Waals surface area contributed by atoms with Gasteiger partial charge in [0.1, 0.15) is 13.2 Å². The van der Waals surface area contributed by atoms with Crippen LogP contribution in [0.15, 0.2) is 96.6 Å². The van der Waals surface area contributed by atoms with Crippen LogP contribution < -0.4 is 19.7 Å². The molecule has 0 saturated carbocycles. The number of rotatable bonds is 17. The topological polar surface area (TPSA) is 46.6 Å². The van der Waals surface area contributed by atoms with E-state index < -0.39 is 0 Å². The molecule has 0 radical (unpaired) electrons. The second-order valence-electron chi connectivity index (χ2n) is 11.2. The van der Waals surface area contributed by atoms with Crippen LogP contribution in [-0.4, -0.2) is 25.1 Å². The van der Waals surface area contributed by atoms with Gasteiger partial charge >= 0.3 is 0 Å². The van der Waals surface area contributed by atoms with Gasteiger partial charge < -0.3 is 19.7 Å². The number of nitrogens with one attached hydrogen (secondary N) is 1. The van der Waals surface area contributed by atoms with Crippen LogP contribution in [0, 0.1) is 0 Å². The van der Waals surface area contributed by atoms with E-state index in [1.54, 1.807) is 0 Å². The zero-order valence-corrected chi connectivity index (χ0v) is 29.2. The van der Waals surface area contributed by atoms with Gasteiger partial charge in [-0.1, -0.05) is 120 Å². The number of hydrogen-bond donors (Lipinski definition) is 1. The SMILES string of the molecule is CC.CCCCCN(CCC)c1ccc(C(=C(C)CC)c2ccc(OCc3ccccc3)nc2OCc2ccccc2)c(NC)c1. The molecule has 0 amide bonds. The van der Waals surface area contributed by atoms with E-state index in [2.05, 4.69) is 86.4 Å². The number of anilines is 2. The predicted octanol–water partition coefficient (Wildman–Crippen LogP) is 10.9. The summed E-state index contributed by atoms with van der Waals surface area (Å²) < 4.78 is 12.6. The van der Waals surface area contributed by atoms with E-state index in [-0.39, 0.29) is 0 Å². The molecule has 5 nitrogen and oxygen atoms in total. The third-order valence-electron chi connectivity index (χ3n) is 7.94. The molecule has 1 aromatic heterocycles. The lowest BCUT2D eigenvalue weighted by molar-refractivity contribution is 0.267. The van der Waals surface area contributed by atoms with E-state index in [4.69, 9.17) is 14.5 Å². The van der Waals surface area contributed by atoms with Crippen LogP contribution in [0.3, 0.4) is 0 Å². The van der Waals surface area contributed by atoms with Crippen molar-refractivity contribution in [2.75, 3.05) is 30.4 Å². The first kappa shape index (κ1) is 36.2. The number of nitrogens with zero attached hydrogens (tertiary/aromatic N) is 2. The molecule has 0 saturated heterocycles. The lowest BCUT2D eigenvalue weighted by Gasteiger charge is -2.26. The summed E-state index contributed by atoms with van der Waals surface area (Å²) in [6, 6.07) is 31.3. The van der Waals surface area contributed by atoms with E-state index in [1.807, 2.05) is 63.4 Å². The molecule has 246 valence electrons. The second-order valence-corrected chi connectivity index (χ2v) is 11.2. The van der Waals surface area contributed by atoms with E-state index in [1.165, 1.54) is 30.5 Å². The molecule has 46 heavy (non-hydrogen) atoms. The zero-order valence-electron chi connectivity index (χ0n) is 29.2. The molecule has 3 aromatic carbocycles. The fraction of sp³-hybridized carbons (Fsp3) is 0.390. The summed E-state index contributed by atoms with van der Waals surface area (Å²) in [6.07, 6.45) is 5.71. The highest BCUT2D eigenvalue weighted by Gasteiger charge is 2.20. The molecule has 1 heterocycles. The van der Waals surface area contributed by atoms with Crippen LogP contribution >= 0.6 is 0 Å². The Morgan fingerprint density at radius 3 is 1.93 bits per heavy atom. The maximum Gasteiger partial charge on any atom is 0.225 e. The van der Waals surface area contributed by atoms with Crippen LogP contribution in [-0.2, 0) is 13.2 Å². The number of unbranched alkanes of at least 4 members (excludes halogenated alkanes) is 2. The normalized spacial score (nSPS) is 11.2. The third kappa shape index (κ3) is 10.4. The van der Waals surface area contributed by atoms with Crippen molar-refractivity contribution >= 4 is 16.9 Å². The molecule has 0 aliphatic rings. The Kier molecular flexibility index (Phi) is 15.7. The van der Waals surface area contributed by atoms with Gasteiger partial charge in [-0.15, -0.1) is 0 Å². The number of aromatic nitrogens is 1. The van der Waals surface area contributed by atoms with Crippen molar-refractivity contribution in [2.45, 2.75) is 86.9 Å². The largest absolute Gasteiger partial charge is 0.473 e. The molecule has 1 N–H and O–H groups in total. The number of pyridine rings is 1. The van der Waals surface area contributed by atoms with Gasteiger partial charge in [-0.3, -0.25) is 0 Å². The van der Waals surface area contributed by atoms with Crippen molar-refractivity contribution in [3.63, 3.8) is 0 Å². The fourth-order valence-corrected chi connectivity index (χ4v) is 5.39. The first-order chi connectivity index (χ1) is 22.6. The molecule has 4 rings (SSSR count). The maximum atomic E-state index is 6.48. The van der Waals surface area contributed by atoms with E-state index in [0.29, 0.717) is 25.0 Å². The van der Waals surface area contributed by atoms with Crippen molar-refractivity contribution in [2.24, 2.45) is 0 Å². The summed E-state index contributed by atoms with van der Waals surface area (Å²) in [5, 5.41) is 3.51. The Morgan fingerprint density at radius 2 is 1.35 bits per heavy atom. The molecule has 0 bridgehead atoms. The minimum atomic E-state index is 0.420. The number of hydrogen-bond acceptors (Lipinski definition) is 5. The molecular weight excluding hydrogens is 566 g/mol. The van der Waals surface area contributed by atoms with Crippen LogP contribution in [0.25, 0.3) is 5.57 Å². The summed E-state index contributed by atoms with van der Waals surface area (Å²) in [6.45, 7) is 15.9. The van der Waals surface area contributed by atoms with Gasteiger partial charge in [0.25, 0.3) is 0 Å². The molecule has 0 unspecified atom stereocenters. The Hall–Kier alpha value is -4.25. The second kappa shape index (κ2) is 20.0. The lowest BCUT2D eigenvalue weighted by Crippen LogP contribution is -2.25. The highest BCUT2D eigenvalue weighted by atomic mass is 16.5. The summed E-state index contributed by atoms with van der Waals surface area (Å²) in [5.74, 6) is 1.11. The van der Waals surface area contributed by atoms with Crippen LogP contribution in [0.4, 0.5) is 11.4 Å². The molecule has 0 fully saturated rings. The minimum absolute atomic E-state index is 0.420. The molecule has 5 heteroatoms. The molecule has 0 atom stereocenters. The number of ether oxygens (including phenoxy) is 2. The number of allylic oxidation sites excluding steroid dienone is 1. The molecule has 4 aromatic rings. The fourth-order valence-electron chi connectivity index (χ4n) is 5.39. The first-order valence-electron chi connectivity index (χ1n) is 17.2. The van der Waals surface area contributed by atoms with Gasteiger partial charge in [0.2, 0.25) is 11.8 Å². The maximum absolute atomic E-state index is 6.48. The van der Waals surface area contributed by atoms with Gasteiger partial charge in [-0.05, 0) is 61.1 Å². The summed E-state index contributed by atoms with van der Waals surface area (Å²) in [5.41, 5.74) is 9.06. The zero-order chi connectivity index (χ0) is 33.1. The van der Waals surface area contributed by atoms with Crippen LogP contribution in [0.2, 0.25) is 0 Å². The smallest absolute Gasteiger partial charge is 0.225 e. The van der Waals surface area contributed by atoms with Gasteiger partial charge in [-0.25, -0.2) is 0 Å². The number of benzene rings is 3.